The Balaban J connectivity index is 1.26. The summed E-state index contributed by atoms with van der Waals surface area (Å²) in [5, 5.41) is 0. The molecular weight excluding hydrogens is 330 g/mol. The summed E-state index contributed by atoms with van der Waals surface area (Å²) in [7, 11) is 2.20. The number of aromatic nitrogens is 1. The molecule has 3 aliphatic heterocycles. The van der Waals surface area contributed by atoms with E-state index >= 15 is 0 Å². The maximum absolute atomic E-state index is 12.6. The SMILES string of the molecule is CN1CC[C@@H](COCc2ccncc2)CC12CN(C(=O)[C@@H]1CCOC1)C2. The van der Waals surface area contributed by atoms with Crippen LogP contribution in [0.5, 0.6) is 0 Å². The van der Waals surface area contributed by atoms with Crippen LogP contribution in [-0.2, 0) is 20.9 Å². The summed E-state index contributed by atoms with van der Waals surface area (Å²) in [5.41, 5.74) is 1.32. The van der Waals surface area contributed by atoms with Crippen LogP contribution >= 0.6 is 0 Å². The second kappa shape index (κ2) is 7.62. The highest BCUT2D eigenvalue weighted by atomic mass is 16.5. The zero-order chi connectivity index (χ0) is 18.0. The maximum atomic E-state index is 12.6. The number of nitrogens with zero attached hydrogens (tertiary/aromatic N) is 3. The number of hydrogen-bond acceptors (Lipinski definition) is 5. The van der Waals surface area contributed by atoms with Crippen molar-refractivity contribution in [1.29, 1.82) is 0 Å². The van der Waals surface area contributed by atoms with Gasteiger partial charge in [-0.25, -0.2) is 0 Å². The molecule has 1 aromatic rings. The molecule has 0 saturated carbocycles. The Kier molecular flexibility index (Phi) is 5.25. The quantitative estimate of drug-likeness (QED) is 0.799. The topological polar surface area (TPSA) is 54.9 Å². The number of hydrogen-bond donors (Lipinski definition) is 0. The molecule has 3 fully saturated rings. The minimum atomic E-state index is 0.0840. The first-order valence-corrected chi connectivity index (χ1v) is 9.71. The molecule has 3 aliphatic rings. The zero-order valence-corrected chi connectivity index (χ0v) is 15.6. The lowest BCUT2D eigenvalue weighted by molar-refractivity contribution is -0.155. The first kappa shape index (κ1) is 17.9. The minimum absolute atomic E-state index is 0.0840. The lowest BCUT2D eigenvalue weighted by atomic mass is 9.75. The predicted molar refractivity (Wildman–Crippen MR) is 97.5 cm³/mol. The zero-order valence-electron chi connectivity index (χ0n) is 15.6. The van der Waals surface area contributed by atoms with E-state index < -0.39 is 0 Å². The Hall–Kier alpha value is -1.50. The number of amides is 1. The Bertz CT molecular complexity index is 612. The smallest absolute Gasteiger partial charge is 0.228 e. The number of carbonyl (C=O) groups excluding carboxylic acids is 1. The van der Waals surface area contributed by atoms with E-state index in [1.165, 1.54) is 12.0 Å². The Morgan fingerprint density at radius 1 is 1.35 bits per heavy atom. The third kappa shape index (κ3) is 3.63. The molecule has 4 rings (SSSR count). The van der Waals surface area contributed by atoms with Crippen LogP contribution in [0.2, 0.25) is 0 Å². The molecule has 26 heavy (non-hydrogen) atoms. The highest BCUT2D eigenvalue weighted by Crippen LogP contribution is 2.39. The van der Waals surface area contributed by atoms with E-state index in [2.05, 4.69) is 16.9 Å². The average Bonchev–Trinajstić information content (AvgIpc) is 3.16. The van der Waals surface area contributed by atoms with E-state index in [0.717, 1.165) is 45.7 Å². The standard InChI is InChI=1S/C20H29N3O3/c1-22-8-4-17(12-26-11-16-2-6-21-7-3-16)10-20(22)14-23(15-20)19(24)18-5-9-25-13-18/h2-3,6-7,17-18H,4-5,8-15H2,1H3/t17-,18-/m1/s1. The lowest BCUT2D eigenvalue weighted by Crippen LogP contribution is -2.73. The number of likely N-dealkylation sites (tertiary alicyclic amines) is 2. The van der Waals surface area contributed by atoms with Crippen molar-refractivity contribution in [2.75, 3.05) is 46.5 Å². The van der Waals surface area contributed by atoms with Crippen molar-refractivity contribution in [2.45, 2.75) is 31.4 Å². The molecule has 0 aromatic carbocycles. The Labute approximate surface area is 155 Å². The van der Waals surface area contributed by atoms with Crippen molar-refractivity contribution in [1.82, 2.24) is 14.8 Å². The van der Waals surface area contributed by atoms with Crippen molar-refractivity contribution in [3.8, 4) is 0 Å². The molecule has 1 spiro atoms. The molecule has 1 aromatic heterocycles. The van der Waals surface area contributed by atoms with Gasteiger partial charge in [-0.15, -0.1) is 0 Å². The molecule has 6 nitrogen and oxygen atoms in total. The molecule has 0 bridgehead atoms. The molecule has 4 heterocycles. The number of ether oxygens (including phenoxy) is 2. The highest BCUT2D eigenvalue weighted by Gasteiger charge is 2.51. The fraction of sp³-hybridized carbons (Fsp3) is 0.700. The largest absolute Gasteiger partial charge is 0.381 e. The molecule has 0 N–H and O–H groups in total. The molecule has 2 atom stereocenters. The summed E-state index contributed by atoms with van der Waals surface area (Å²) in [5.74, 6) is 0.943. The highest BCUT2D eigenvalue weighted by molar-refractivity contribution is 5.80. The second-order valence-corrected chi connectivity index (χ2v) is 8.13. The molecule has 142 valence electrons. The van der Waals surface area contributed by atoms with Gasteiger partial charge in [-0.2, -0.15) is 0 Å². The van der Waals surface area contributed by atoms with E-state index in [0.29, 0.717) is 19.1 Å². The van der Waals surface area contributed by atoms with Gasteiger partial charge in [0.2, 0.25) is 5.91 Å². The summed E-state index contributed by atoms with van der Waals surface area (Å²) in [4.78, 5) is 21.1. The van der Waals surface area contributed by atoms with Crippen LogP contribution in [0.1, 0.15) is 24.8 Å². The lowest BCUT2D eigenvalue weighted by Gasteiger charge is -2.59. The minimum Gasteiger partial charge on any atom is -0.381 e. The van der Waals surface area contributed by atoms with E-state index in [4.69, 9.17) is 9.47 Å². The predicted octanol–water partition coefficient (Wildman–Crippen LogP) is 1.56. The van der Waals surface area contributed by atoms with Crippen LogP contribution in [0, 0.1) is 11.8 Å². The van der Waals surface area contributed by atoms with Crippen LogP contribution in [0.15, 0.2) is 24.5 Å². The number of rotatable bonds is 5. The molecule has 0 radical (unpaired) electrons. The van der Waals surface area contributed by atoms with Crippen molar-refractivity contribution >= 4 is 5.91 Å². The first-order chi connectivity index (χ1) is 12.7. The fourth-order valence-corrected chi connectivity index (χ4v) is 4.55. The normalized spacial score (nSPS) is 28.3. The van der Waals surface area contributed by atoms with E-state index in [1.54, 1.807) is 12.4 Å². The van der Waals surface area contributed by atoms with E-state index in [-0.39, 0.29) is 17.4 Å². The maximum Gasteiger partial charge on any atom is 0.228 e. The van der Waals surface area contributed by atoms with Gasteiger partial charge in [-0.05, 0) is 56.5 Å². The summed E-state index contributed by atoms with van der Waals surface area (Å²) in [6.45, 7) is 5.57. The van der Waals surface area contributed by atoms with Crippen LogP contribution in [0.25, 0.3) is 0 Å². The van der Waals surface area contributed by atoms with Crippen molar-refractivity contribution < 1.29 is 14.3 Å². The van der Waals surface area contributed by atoms with Crippen molar-refractivity contribution in [3.63, 3.8) is 0 Å². The van der Waals surface area contributed by atoms with Gasteiger partial charge in [0.05, 0.1) is 24.7 Å². The van der Waals surface area contributed by atoms with Crippen LogP contribution < -0.4 is 0 Å². The van der Waals surface area contributed by atoms with Gasteiger partial charge in [0, 0.05) is 38.7 Å². The molecule has 1 amide bonds. The van der Waals surface area contributed by atoms with Gasteiger partial charge in [0.15, 0.2) is 0 Å². The molecule has 6 heteroatoms. The van der Waals surface area contributed by atoms with Crippen LogP contribution in [0.3, 0.4) is 0 Å². The first-order valence-electron chi connectivity index (χ1n) is 9.71. The summed E-state index contributed by atoms with van der Waals surface area (Å²) in [6, 6.07) is 4.00. The molecule has 3 saturated heterocycles. The molecular formula is C20H29N3O3. The van der Waals surface area contributed by atoms with Gasteiger partial charge < -0.3 is 14.4 Å². The number of likely N-dealkylation sites (N-methyl/N-ethyl adjacent to an activating group) is 1. The van der Waals surface area contributed by atoms with E-state index in [9.17, 15) is 4.79 Å². The third-order valence-corrected chi connectivity index (χ3v) is 6.28. The number of piperidine rings is 1. The average molecular weight is 359 g/mol. The van der Waals surface area contributed by atoms with Crippen molar-refractivity contribution in [2.24, 2.45) is 11.8 Å². The fourth-order valence-electron chi connectivity index (χ4n) is 4.55. The molecule has 0 unspecified atom stereocenters. The number of carbonyl (C=O) groups is 1. The summed E-state index contributed by atoms with van der Waals surface area (Å²) < 4.78 is 11.3. The van der Waals surface area contributed by atoms with Gasteiger partial charge in [-0.1, -0.05) is 0 Å². The third-order valence-electron chi connectivity index (χ3n) is 6.28. The van der Waals surface area contributed by atoms with Crippen LogP contribution in [0.4, 0.5) is 0 Å². The van der Waals surface area contributed by atoms with E-state index in [1.807, 2.05) is 17.0 Å². The van der Waals surface area contributed by atoms with Crippen molar-refractivity contribution in [3.05, 3.63) is 30.1 Å². The van der Waals surface area contributed by atoms with Gasteiger partial charge in [-0.3, -0.25) is 14.7 Å². The molecule has 0 aliphatic carbocycles. The Morgan fingerprint density at radius 3 is 2.88 bits per heavy atom. The Morgan fingerprint density at radius 2 is 2.15 bits per heavy atom. The number of pyridine rings is 1. The van der Waals surface area contributed by atoms with Gasteiger partial charge >= 0.3 is 0 Å². The van der Waals surface area contributed by atoms with Gasteiger partial charge in [0.1, 0.15) is 0 Å². The van der Waals surface area contributed by atoms with Gasteiger partial charge in [0.25, 0.3) is 0 Å². The second-order valence-electron chi connectivity index (χ2n) is 8.13. The van der Waals surface area contributed by atoms with Crippen LogP contribution in [-0.4, -0.2) is 72.7 Å². The monoisotopic (exact) mass is 359 g/mol. The summed E-state index contributed by atoms with van der Waals surface area (Å²) in [6.07, 6.45) is 6.77. The summed E-state index contributed by atoms with van der Waals surface area (Å²) >= 11 is 0.